The van der Waals surface area contributed by atoms with Gasteiger partial charge in [0.25, 0.3) is 0 Å². The second-order valence-electron chi connectivity index (χ2n) is 13.3. The summed E-state index contributed by atoms with van der Waals surface area (Å²) in [6.45, 7) is 10.9. The fraction of sp³-hybridized carbons (Fsp3) is 0.278. The van der Waals surface area contributed by atoms with Gasteiger partial charge in [0.2, 0.25) is 11.0 Å². The lowest BCUT2D eigenvalue weighted by molar-refractivity contribution is -0.643. The molecule has 0 unspecified atom stereocenters. The van der Waals surface area contributed by atoms with E-state index in [0.717, 1.165) is 43.4 Å². The number of aromatic nitrogens is 4. The molecule has 2 amide bonds. The average molecular weight is 728 g/mol. The van der Waals surface area contributed by atoms with Crippen molar-refractivity contribution in [2.24, 2.45) is 14.1 Å². The zero-order valence-electron chi connectivity index (χ0n) is 28.9. The fourth-order valence-corrected chi connectivity index (χ4v) is 5.59. The second-order valence-corrected chi connectivity index (χ2v) is 14.2. The first kappa shape index (κ1) is 39.5. The maximum absolute atomic E-state index is 12.1. The first-order valence-electron chi connectivity index (χ1n) is 15.2. The summed E-state index contributed by atoms with van der Waals surface area (Å²) in [7, 11) is 3.87. The molecule has 0 aliphatic carbocycles. The van der Waals surface area contributed by atoms with E-state index in [9.17, 15) is 9.59 Å². The number of pyridine rings is 4. The lowest BCUT2D eigenvalue weighted by Gasteiger charge is -2.19. The SMILES string of the molecule is C[n+]1cc2c(NC(=O)OC(C)(C)C)nccc2c2ccc(Cl)cc21.C[n+]1cc2c(NC(=O)OC(C)(C)C)nccc2c2ccc(Cl)cc21.[F-].[F-]. The van der Waals surface area contributed by atoms with Crippen molar-refractivity contribution in [2.45, 2.75) is 52.7 Å². The van der Waals surface area contributed by atoms with Gasteiger partial charge in [0.1, 0.15) is 36.9 Å². The predicted molar refractivity (Wildman–Crippen MR) is 191 cm³/mol. The molecule has 0 radical (unpaired) electrons. The van der Waals surface area contributed by atoms with Crippen LogP contribution in [0.5, 0.6) is 0 Å². The Balaban J connectivity index is 0.000000260. The summed E-state index contributed by atoms with van der Waals surface area (Å²) >= 11 is 12.2. The lowest BCUT2D eigenvalue weighted by atomic mass is 10.1. The van der Waals surface area contributed by atoms with E-state index in [0.29, 0.717) is 21.7 Å². The summed E-state index contributed by atoms with van der Waals surface area (Å²) in [5.74, 6) is 0.934. The number of nitrogens with one attached hydrogen (secondary N) is 2. The lowest BCUT2D eigenvalue weighted by Crippen LogP contribution is -3.00. The third kappa shape index (κ3) is 9.19. The number of fused-ring (bicyclic) bond motifs is 6. The van der Waals surface area contributed by atoms with E-state index in [-0.39, 0.29) is 9.41 Å². The number of hydrogen-bond donors (Lipinski definition) is 2. The van der Waals surface area contributed by atoms with Gasteiger partial charge in [-0.3, -0.25) is 10.6 Å². The van der Waals surface area contributed by atoms with Crippen LogP contribution in [0.15, 0.2) is 73.3 Å². The van der Waals surface area contributed by atoms with E-state index in [4.69, 9.17) is 32.7 Å². The minimum absolute atomic E-state index is 0. The van der Waals surface area contributed by atoms with E-state index in [1.807, 2.05) is 126 Å². The van der Waals surface area contributed by atoms with E-state index >= 15 is 0 Å². The van der Waals surface area contributed by atoms with Gasteiger partial charge in [-0.15, -0.1) is 0 Å². The van der Waals surface area contributed by atoms with Gasteiger partial charge < -0.3 is 18.9 Å². The molecule has 10 nitrogen and oxygen atoms in total. The highest BCUT2D eigenvalue weighted by Gasteiger charge is 2.21. The molecule has 4 heterocycles. The standard InChI is InChI=1S/2C18H18ClN3O2.2FH/c2*1-18(2,3)24-17(23)21-16-14-10-22(4)15-9-11(19)5-6-13(15)12(14)7-8-20-16;;/h2*5-10H,1-4H3;2*1H. The van der Waals surface area contributed by atoms with E-state index in [1.54, 1.807) is 12.4 Å². The van der Waals surface area contributed by atoms with Crippen LogP contribution in [0.2, 0.25) is 10.0 Å². The third-order valence-electron chi connectivity index (χ3n) is 7.12. The van der Waals surface area contributed by atoms with E-state index in [2.05, 4.69) is 20.6 Å². The Morgan fingerprint density at radius 2 is 0.960 bits per heavy atom. The van der Waals surface area contributed by atoms with Crippen molar-refractivity contribution in [3.8, 4) is 0 Å². The van der Waals surface area contributed by atoms with Crippen LogP contribution in [0.4, 0.5) is 21.2 Å². The number of anilines is 2. The number of benzene rings is 2. The summed E-state index contributed by atoms with van der Waals surface area (Å²) < 4.78 is 14.5. The molecule has 6 aromatic rings. The number of hydrogen-bond acceptors (Lipinski definition) is 6. The molecule has 50 heavy (non-hydrogen) atoms. The zero-order valence-corrected chi connectivity index (χ0v) is 30.4. The maximum atomic E-state index is 12.1. The largest absolute Gasteiger partial charge is 1.00 e. The van der Waals surface area contributed by atoms with Crippen molar-refractivity contribution in [1.29, 1.82) is 0 Å². The number of aryl methyl sites for hydroxylation is 2. The summed E-state index contributed by atoms with van der Waals surface area (Å²) in [6.07, 6.45) is 6.14. The minimum atomic E-state index is -0.567. The molecule has 2 aromatic carbocycles. The number of nitrogens with zero attached hydrogens (tertiary/aromatic N) is 4. The van der Waals surface area contributed by atoms with Crippen LogP contribution in [-0.2, 0) is 23.6 Å². The van der Waals surface area contributed by atoms with Gasteiger partial charge in [0, 0.05) is 45.3 Å². The Bertz CT molecular complexity index is 2070. The topological polar surface area (TPSA) is 110 Å². The molecule has 4 aromatic heterocycles. The minimum Gasteiger partial charge on any atom is -1.00 e. The molecular formula is C36H38Cl2F2N6O4. The van der Waals surface area contributed by atoms with Gasteiger partial charge in [-0.25, -0.2) is 28.7 Å². The van der Waals surface area contributed by atoms with Crippen LogP contribution < -0.4 is 29.2 Å². The first-order chi connectivity index (χ1) is 22.5. The second kappa shape index (κ2) is 15.3. The number of rotatable bonds is 2. The van der Waals surface area contributed by atoms with Gasteiger partial charge >= 0.3 is 12.2 Å². The summed E-state index contributed by atoms with van der Waals surface area (Å²) in [4.78, 5) is 32.7. The smallest absolute Gasteiger partial charge is 0.413 e. The van der Waals surface area contributed by atoms with Gasteiger partial charge in [0.15, 0.2) is 12.4 Å². The van der Waals surface area contributed by atoms with Crippen molar-refractivity contribution in [2.75, 3.05) is 10.6 Å². The van der Waals surface area contributed by atoms with Gasteiger partial charge in [-0.05, 0) is 77.9 Å². The highest BCUT2D eigenvalue weighted by atomic mass is 35.5. The Kier molecular flexibility index (Phi) is 12.1. The number of amides is 2. The molecule has 0 spiro atoms. The zero-order chi connectivity index (χ0) is 35.0. The molecule has 0 saturated heterocycles. The Hall–Kier alpha value is -4.94. The van der Waals surface area contributed by atoms with Crippen LogP contribution in [0.3, 0.4) is 0 Å². The van der Waals surface area contributed by atoms with Crippen LogP contribution in [-0.4, -0.2) is 33.4 Å². The highest BCUT2D eigenvalue weighted by molar-refractivity contribution is 6.32. The van der Waals surface area contributed by atoms with Gasteiger partial charge in [-0.2, -0.15) is 0 Å². The van der Waals surface area contributed by atoms with Crippen molar-refractivity contribution in [3.63, 3.8) is 0 Å². The highest BCUT2D eigenvalue weighted by Crippen LogP contribution is 2.30. The van der Waals surface area contributed by atoms with Gasteiger partial charge in [-0.1, -0.05) is 23.2 Å². The molecule has 0 aliphatic rings. The monoisotopic (exact) mass is 726 g/mol. The number of ether oxygens (including phenoxy) is 2. The van der Waals surface area contributed by atoms with Crippen molar-refractivity contribution < 1.29 is 37.6 Å². The van der Waals surface area contributed by atoms with Crippen molar-refractivity contribution >= 4 is 90.4 Å². The fourth-order valence-electron chi connectivity index (χ4n) is 5.25. The summed E-state index contributed by atoms with van der Waals surface area (Å²) in [5, 5.41) is 12.5. The number of carbonyl (C=O) groups excluding carboxylic acids is 2. The molecular weight excluding hydrogens is 689 g/mol. The van der Waals surface area contributed by atoms with E-state index in [1.165, 1.54) is 0 Å². The average Bonchev–Trinajstić information content (AvgIpc) is 2.97. The first-order valence-corrected chi connectivity index (χ1v) is 16.0. The quantitative estimate of drug-likeness (QED) is 0.210. The normalized spacial score (nSPS) is 11.2. The molecule has 264 valence electrons. The molecule has 0 saturated carbocycles. The maximum Gasteiger partial charge on any atom is 0.413 e. The Morgan fingerprint density at radius 1 is 0.600 bits per heavy atom. The van der Waals surface area contributed by atoms with Crippen LogP contribution in [0, 0.1) is 0 Å². The molecule has 14 heteroatoms. The van der Waals surface area contributed by atoms with Crippen molar-refractivity contribution in [3.05, 3.63) is 83.4 Å². The molecule has 0 atom stereocenters. The molecule has 0 aliphatic heterocycles. The number of halogens is 4. The number of carbonyl (C=O) groups is 2. The molecule has 0 bridgehead atoms. The molecule has 6 rings (SSSR count). The van der Waals surface area contributed by atoms with Crippen LogP contribution in [0.1, 0.15) is 41.5 Å². The van der Waals surface area contributed by atoms with Gasteiger partial charge in [0.05, 0.1) is 21.5 Å². The predicted octanol–water partition coefficient (Wildman–Crippen LogP) is 2.43. The Morgan fingerprint density at radius 3 is 1.30 bits per heavy atom. The summed E-state index contributed by atoms with van der Waals surface area (Å²) in [5.41, 5.74) is 0.875. The van der Waals surface area contributed by atoms with Crippen LogP contribution >= 0.6 is 23.2 Å². The third-order valence-corrected chi connectivity index (χ3v) is 7.59. The molecule has 2 N–H and O–H groups in total. The summed E-state index contributed by atoms with van der Waals surface area (Å²) in [6, 6.07) is 15.3. The van der Waals surface area contributed by atoms with E-state index < -0.39 is 23.4 Å². The Labute approximate surface area is 298 Å². The van der Waals surface area contributed by atoms with Crippen LogP contribution in [0.25, 0.3) is 43.4 Å². The van der Waals surface area contributed by atoms with Crippen molar-refractivity contribution in [1.82, 2.24) is 9.97 Å². The molecule has 0 fully saturated rings.